The molecule has 0 radical (unpaired) electrons. The first kappa shape index (κ1) is 7.98. The van der Waals surface area contributed by atoms with E-state index in [-0.39, 0.29) is 0 Å². The Morgan fingerprint density at radius 2 is 2.38 bits per heavy atom. The molecule has 0 aromatic carbocycles. The van der Waals surface area contributed by atoms with E-state index in [1.165, 1.54) is 0 Å². The van der Waals surface area contributed by atoms with Crippen molar-refractivity contribution in [1.29, 1.82) is 0 Å². The average molecular weight is 173 g/mol. The van der Waals surface area contributed by atoms with Crippen molar-refractivity contribution in [2.24, 2.45) is 7.05 Å². The molecular weight excluding hydrogens is 162 g/mol. The largest absolute Gasteiger partial charge is 0.318 e. The third-order valence-corrected chi connectivity index (χ3v) is 1.99. The standard InChI is InChI=1S/C10H11N3/c1-3-4-8-5-9-10(11-6-8)13(2)7-12-9/h3,5-7H,1,4H2,2H3. The maximum Gasteiger partial charge on any atom is 0.159 e. The molecule has 0 saturated heterocycles. The van der Waals surface area contributed by atoms with Crippen molar-refractivity contribution in [2.75, 3.05) is 0 Å². The number of imidazole rings is 1. The van der Waals surface area contributed by atoms with E-state index in [1.54, 1.807) is 6.33 Å². The zero-order valence-corrected chi connectivity index (χ0v) is 7.57. The molecule has 2 aromatic heterocycles. The van der Waals surface area contributed by atoms with Crippen LogP contribution in [0.25, 0.3) is 11.2 Å². The van der Waals surface area contributed by atoms with Crippen molar-refractivity contribution in [3.05, 3.63) is 36.8 Å². The molecule has 0 atom stereocenters. The molecule has 0 aliphatic rings. The summed E-state index contributed by atoms with van der Waals surface area (Å²) in [5.41, 5.74) is 3.02. The lowest BCUT2D eigenvalue weighted by atomic mass is 10.2. The highest BCUT2D eigenvalue weighted by Crippen LogP contribution is 2.10. The first-order valence-corrected chi connectivity index (χ1v) is 4.18. The van der Waals surface area contributed by atoms with Crippen LogP contribution in [0.3, 0.4) is 0 Å². The summed E-state index contributed by atoms with van der Waals surface area (Å²) in [6.45, 7) is 3.69. The summed E-state index contributed by atoms with van der Waals surface area (Å²) >= 11 is 0. The summed E-state index contributed by atoms with van der Waals surface area (Å²) < 4.78 is 1.91. The fraction of sp³-hybridized carbons (Fsp3) is 0.200. The van der Waals surface area contributed by atoms with Crippen LogP contribution in [0.15, 0.2) is 31.2 Å². The highest BCUT2D eigenvalue weighted by molar-refractivity contribution is 5.71. The van der Waals surface area contributed by atoms with E-state index in [0.717, 1.165) is 23.1 Å². The van der Waals surface area contributed by atoms with E-state index >= 15 is 0 Å². The van der Waals surface area contributed by atoms with E-state index in [0.29, 0.717) is 0 Å². The first-order valence-electron chi connectivity index (χ1n) is 4.18. The van der Waals surface area contributed by atoms with E-state index in [4.69, 9.17) is 0 Å². The van der Waals surface area contributed by atoms with Crippen LogP contribution in [0, 0.1) is 0 Å². The summed E-state index contributed by atoms with van der Waals surface area (Å²) in [4.78, 5) is 8.54. The Bertz CT molecular complexity index is 442. The fourth-order valence-corrected chi connectivity index (χ4v) is 1.34. The number of rotatable bonds is 2. The molecule has 66 valence electrons. The maximum atomic E-state index is 4.31. The molecule has 0 unspecified atom stereocenters. The number of pyridine rings is 1. The van der Waals surface area contributed by atoms with Gasteiger partial charge >= 0.3 is 0 Å². The van der Waals surface area contributed by atoms with E-state index < -0.39 is 0 Å². The number of hydrogen-bond donors (Lipinski definition) is 0. The zero-order valence-electron chi connectivity index (χ0n) is 7.57. The second kappa shape index (κ2) is 3.01. The van der Waals surface area contributed by atoms with Gasteiger partial charge in [-0.3, -0.25) is 0 Å². The Hall–Kier alpha value is -1.64. The van der Waals surface area contributed by atoms with Crippen molar-refractivity contribution in [1.82, 2.24) is 14.5 Å². The van der Waals surface area contributed by atoms with Crippen LogP contribution in [0.5, 0.6) is 0 Å². The summed E-state index contributed by atoms with van der Waals surface area (Å²) in [6, 6.07) is 2.05. The van der Waals surface area contributed by atoms with Gasteiger partial charge in [0.15, 0.2) is 5.65 Å². The van der Waals surface area contributed by atoms with Gasteiger partial charge in [0.2, 0.25) is 0 Å². The Morgan fingerprint density at radius 3 is 3.15 bits per heavy atom. The molecule has 0 spiro atoms. The molecule has 3 heteroatoms. The van der Waals surface area contributed by atoms with Crippen molar-refractivity contribution >= 4 is 11.2 Å². The lowest BCUT2D eigenvalue weighted by Crippen LogP contribution is -1.89. The highest BCUT2D eigenvalue weighted by Gasteiger charge is 2.00. The van der Waals surface area contributed by atoms with Gasteiger partial charge in [-0.25, -0.2) is 9.97 Å². The quantitative estimate of drug-likeness (QED) is 0.647. The molecule has 0 bridgehead atoms. The number of aryl methyl sites for hydroxylation is 1. The topological polar surface area (TPSA) is 30.7 Å². The van der Waals surface area contributed by atoms with E-state index in [1.807, 2.05) is 30.0 Å². The summed E-state index contributed by atoms with van der Waals surface area (Å²) in [5.74, 6) is 0. The van der Waals surface area contributed by atoms with Crippen molar-refractivity contribution in [2.45, 2.75) is 6.42 Å². The van der Waals surface area contributed by atoms with Gasteiger partial charge in [-0.05, 0) is 18.1 Å². The second-order valence-electron chi connectivity index (χ2n) is 3.03. The van der Waals surface area contributed by atoms with Crippen LogP contribution in [-0.4, -0.2) is 14.5 Å². The molecule has 0 amide bonds. The van der Waals surface area contributed by atoms with Gasteiger partial charge in [-0.15, -0.1) is 6.58 Å². The predicted octanol–water partition coefficient (Wildman–Crippen LogP) is 1.70. The van der Waals surface area contributed by atoms with Gasteiger partial charge < -0.3 is 4.57 Å². The lowest BCUT2D eigenvalue weighted by molar-refractivity contribution is 0.930. The predicted molar refractivity (Wildman–Crippen MR) is 52.4 cm³/mol. The van der Waals surface area contributed by atoms with Crippen LogP contribution >= 0.6 is 0 Å². The second-order valence-corrected chi connectivity index (χ2v) is 3.03. The minimum Gasteiger partial charge on any atom is -0.318 e. The van der Waals surface area contributed by atoms with Gasteiger partial charge in [-0.2, -0.15) is 0 Å². The number of allylic oxidation sites excluding steroid dienone is 1. The Labute approximate surface area is 76.7 Å². The van der Waals surface area contributed by atoms with Gasteiger partial charge in [0, 0.05) is 13.2 Å². The van der Waals surface area contributed by atoms with Crippen LogP contribution in [0.4, 0.5) is 0 Å². The molecule has 13 heavy (non-hydrogen) atoms. The molecule has 2 rings (SSSR count). The summed E-state index contributed by atoms with van der Waals surface area (Å²) in [7, 11) is 1.94. The number of fused-ring (bicyclic) bond motifs is 1. The minimum absolute atomic E-state index is 0.847. The number of nitrogens with zero attached hydrogens (tertiary/aromatic N) is 3. The first-order chi connectivity index (χ1) is 6.31. The molecule has 0 fully saturated rings. The molecule has 0 aliphatic carbocycles. The smallest absolute Gasteiger partial charge is 0.159 e. The van der Waals surface area contributed by atoms with Crippen LogP contribution < -0.4 is 0 Å². The lowest BCUT2D eigenvalue weighted by Gasteiger charge is -1.96. The van der Waals surface area contributed by atoms with Gasteiger partial charge in [0.25, 0.3) is 0 Å². The summed E-state index contributed by atoms with van der Waals surface area (Å²) in [5, 5.41) is 0. The van der Waals surface area contributed by atoms with Crippen LogP contribution in [0.1, 0.15) is 5.56 Å². The molecule has 0 aliphatic heterocycles. The number of aromatic nitrogens is 3. The van der Waals surface area contributed by atoms with Gasteiger partial charge in [-0.1, -0.05) is 6.08 Å². The average Bonchev–Trinajstić information content (AvgIpc) is 2.48. The normalized spacial score (nSPS) is 10.5. The Balaban J connectivity index is 2.56. The zero-order chi connectivity index (χ0) is 9.26. The van der Waals surface area contributed by atoms with Gasteiger partial charge in [0.1, 0.15) is 5.52 Å². The van der Waals surface area contributed by atoms with Crippen molar-refractivity contribution in [3.63, 3.8) is 0 Å². The molecule has 3 nitrogen and oxygen atoms in total. The Kier molecular flexibility index (Phi) is 1.85. The SMILES string of the molecule is C=CCc1cnc2c(c1)ncn2C. The van der Waals surface area contributed by atoms with E-state index in [2.05, 4.69) is 16.5 Å². The third-order valence-electron chi connectivity index (χ3n) is 1.99. The van der Waals surface area contributed by atoms with Crippen LogP contribution in [0.2, 0.25) is 0 Å². The van der Waals surface area contributed by atoms with Crippen LogP contribution in [-0.2, 0) is 13.5 Å². The maximum absolute atomic E-state index is 4.31. The van der Waals surface area contributed by atoms with Gasteiger partial charge in [0.05, 0.1) is 6.33 Å². The molecular formula is C10H11N3. The molecule has 0 N–H and O–H groups in total. The molecule has 0 saturated carbocycles. The van der Waals surface area contributed by atoms with E-state index in [9.17, 15) is 0 Å². The highest BCUT2D eigenvalue weighted by atomic mass is 15.1. The molecule has 2 aromatic rings. The monoisotopic (exact) mass is 173 g/mol. The number of hydrogen-bond acceptors (Lipinski definition) is 2. The molecule has 2 heterocycles. The van der Waals surface area contributed by atoms with Crippen molar-refractivity contribution < 1.29 is 0 Å². The minimum atomic E-state index is 0.847. The Morgan fingerprint density at radius 1 is 1.54 bits per heavy atom. The summed E-state index contributed by atoms with van der Waals surface area (Å²) in [6.07, 6.45) is 6.35. The fourth-order valence-electron chi connectivity index (χ4n) is 1.34. The third kappa shape index (κ3) is 1.33. The van der Waals surface area contributed by atoms with Crippen molar-refractivity contribution in [3.8, 4) is 0 Å².